The zero-order valence-electron chi connectivity index (χ0n) is 44.3. The van der Waals surface area contributed by atoms with Crippen molar-refractivity contribution in [1.29, 1.82) is 0 Å². The van der Waals surface area contributed by atoms with Gasteiger partial charge >= 0.3 is 11.9 Å². The van der Waals surface area contributed by atoms with Crippen LogP contribution >= 0.6 is 7.82 Å². The molecule has 2 unspecified atom stereocenters. The molecule has 0 heterocycles. The lowest BCUT2D eigenvalue weighted by atomic mass is 10.0. The van der Waals surface area contributed by atoms with Crippen LogP contribution in [0.3, 0.4) is 0 Å². The number of hydrogen-bond acceptors (Lipinski definition) is 8. The molecule has 0 aliphatic heterocycles. The van der Waals surface area contributed by atoms with Crippen molar-refractivity contribution in [3.8, 4) is 0 Å². The molecule has 68 heavy (non-hydrogen) atoms. The molecule has 0 aliphatic rings. The van der Waals surface area contributed by atoms with Crippen LogP contribution in [0.2, 0.25) is 0 Å². The summed E-state index contributed by atoms with van der Waals surface area (Å²) in [4.78, 5) is 37.8. The third kappa shape index (κ3) is 52.6. The van der Waals surface area contributed by atoms with Gasteiger partial charge in [0.1, 0.15) is 19.8 Å². The van der Waals surface area contributed by atoms with Crippen molar-refractivity contribution < 1.29 is 42.1 Å². The van der Waals surface area contributed by atoms with Gasteiger partial charge in [-0.1, -0.05) is 202 Å². The van der Waals surface area contributed by atoms with Crippen LogP contribution in [0.4, 0.5) is 0 Å². The minimum Gasteiger partial charge on any atom is -0.756 e. The van der Waals surface area contributed by atoms with E-state index in [0.717, 1.165) is 77.0 Å². The van der Waals surface area contributed by atoms with Crippen molar-refractivity contribution in [1.82, 2.24) is 0 Å². The van der Waals surface area contributed by atoms with Gasteiger partial charge in [0, 0.05) is 12.8 Å². The molecular weight excluding hydrogens is 870 g/mol. The first kappa shape index (κ1) is 65.2. The summed E-state index contributed by atoms with van der Waals surface area (Å²) >= 11 is 0. The summed E-state index contributed by atoms with van der Waals surface area (Å²) in [5.74, 6) is -0.874. The molecule has 0 bridgehead atoms. The van der Waals surface area contributed by atoms with E-state index in [0.29, 0.717) is 17.4 Å². The Balaban J connectivity index is 4.24. The quantitative estimate of drug-likeness (QED) is 0.0195. The van der Waals surface area contributed by atoms with Gasteiger partial charge in [0.15, 0.2) is 6.10 Å². The smallest absolute Gasteiger partial charge is 0.306 e. The number of rotatable bonds is 49. The van der Waals surface area contributed by atoms with Gasteiger partial charge in [-0.25, -0.2) is 0 Å². The second-order valence-electron chi connectivity index (χ2n) is 19.2. The SMILES string of the molecule is CC/C=C\C/C=C\C/C=C\C/C=C\C/C=C\CCCCCC(=O)OC(COC(=O)CCCCCCCCCCCCCCC/C=C\C/C=C\CCCCCCC)COP(=O)([O-])OCC[N+](C)(C)C. The first-order chi connectivity index (χ1) is 33.0. The van der Waals surface area contributed by atoms with Gasteiger partial charge in [-0.2, -0.15) is 0 Å². The summed E-state index contributed by atoms with van der Waals surface area (Å²) in [7, 11) is 1.13. The van der Waals surface area contributed by atoms with Gasteiger partial charge in [0.05, 0.1) is 27.7 Å². The summed E-state index contributed by atoms with van der Waals surface area (Å²) in [5, 5.41) is 0. The highest BCUT2D eigenvalue weighted by molar-refractivity contribution is 7.45. The lowest BCUT2D eigenvalue weighted by molar-refractivity contribution is -0.870. The standard InChI is InChI=1S/C58H102NO8P/c1-6-8-10-12-14-16-18-20-22-24-26-27-28-29-30-31-33-34-36-38-40-42-44-46-48-50-57(60)64-54-56(55-66-68(62,63)65-53-52-59(3,4)5)67-58(61)51-49-47-45-43-41-39-37-35-32-25-23-21-19-17-15-13-11-9-7-2/h9,11,15,17-18,20-21,23-24,26,32,35,39,41,56H,6-8,10,12-14,16,19,22,25,27-31,33-34,36-38,40,42-55H2,1-5H3/b11-9-,17-15-,20-18-,23-21-,26-24-,35-32-,41-39-. The molecule has 392 valence electrons. The van der Waals surface area contributed by atoms with Crippen molar-refractivity contribution in [3.63, 3.8) is 0 Å². The number of nitrogens with zero attached hydrogens (tertiary/aromatic N) is 1. The fourth-order valence-electron chi connectivity index (χ4n) is 7.18. The topological polar surface area (TPSA) is 111 Å². The van der Waals surface area contributed by atoms with Crippen LogP contribution in [-0.2, 0) is 32.7 Å². The summed E-state index contributed by atoms with van der Waals surface area (Å²) < 4.78 is 34.1. The monoisotopic (exact) mass is 972 g/mol. The van der Waals surface area contributed by atoms with Gasteiger partial charge in [-0.15, -0.1) is 0 Å². The first-order valence-electron chi connectivity index (χ1n) is 27.3. The van der Waals surface area contributed by atoms with E-state index in [1.165, 1.54) is 109 Å². The number of unbranched alkanes of at least 4 members (excludes halogenated alkanes) is 21. The number of carbonyl (C=O) groups excluding carboxylic acids is 2. The Kier molecular flexibility index (Phi) is 47.2. The number of hydrogen-bond donors (Lipinski definition) is 0. The van der Waals surface area contributed by atoms with Crippen LogP contribution in [0.5, 0.6) is 0 Å². The fraction of sp³-hybridized carbons (Fsp3) is 0.724. The van der Waals surface area contributed by atoms with E-state index in [1.807, 2.05) is 21.1 Å². The number of likely N-dealkylation sites (N-methyl/N-ethyl adjacent to an activating group) is 1. The van der Waals surface area contributed by atoms with E-state index < -0.39 is 32.5 Å². The molecule has 9 nitrogen and oxygen atoms in total. The number of phosphoric ester groups is 1. The molecule has 0 saturated heterocycles. The highest BCUT2D eigenvalue weighted by Gasteiger charge is 2.21. The lowest BCUT2D eigenvalue weighted by Crippen LogP contribution is -2.37. The average Bonchev–Trinajstić information content (AvgIpc) is 3.30. The molecule has 0 aromatic rings. The molecule has 0 amide bonds. The molecule has 0 aliphatic carbocycles. The molecule has 0 saturated carbocycles. The second-order valence-corrected chi connectivity index (χ2v) is 20.6. The molecule has 10 heteroatoms. The zero-order chi connectivity index (χ0) is 49.9. The number of esters is 2. The lowest BCUT2D eigenvalue weighted by Gasteiger charge is -2.28. The Morgan fingerprint density at radius 3 is 1.26 bits per heavy atom. The number of carbonyl (C=O) groups is 2. The predicted molar refractivity (Wildman–Crippen MR) is 286 cm³/mol. The number of ether oxygens (including phenoxy) is 2. The van der Waals surface area contributed by atoms with Gasteiger partial charge in [-0.3, -0.25) is 14.2 Å². The molecule has 0 spiro atoms. The van der Waals surface area contributed by atoms with E-state index in [9.17, 15) is 19.0 Å². The van der Waals surface area contributed by atoms with Crippen molar-refractivity contribution in [2.24, 2.45) is 0 Å². The molecule has 0 rings (SSSR count). The minimum absolute atomic E-state index is 0.0415. The Labute approximate surface area is 418 Å². The Morgan fingerprint density at radius 1 is 0.471 bits per heavy atom. The zero-order valence-corrected chi connectivity index (χ0v) is 45.2. The molecule has 0 radical (unpaired) electrons. The molecular formula is C58H102NO8P. The van der Waals surface area contributed by atoms with Gasteiger partial charge in [0.2, 0.25) is 0 Å². The highest BCUT2D eigenvalue weighted by atomic mass is 31.2. The van der Waals surface area contributed by atoms with Crippen molar-refractivity contribution >= 4 is 19.8 Å². The molecule has 0 aromatic heterocycles. The summed E-state index contributed by atoms with van der Waals surface area (Å²) in [6.07, 6.45) is 64.8. The third-order valence-corrected chi connectivity index (χ3v) is 12.4. The number of allylic oxidation sites excluding steroid dienone is 14. The number of quaternary nitrogens is 1. The molecule has 0 N–H and O–H groups in total. The molecule has 0 fully saturated rings. The normalized spacial score (nSPS) is 14.0. The maximum Gasteiger partial charge on any atom is 0.306 e. The Bertz CT molecular complexity index is 1420. The maximum atomic E-state index is 12.7. The highest BCUT2D eigenvalue weighted by Crippen LogP contribution is 2.38. The summed E-state index contributed by atoms with van der Waals surface area (Å²) in [6, 6.07) is 0. The van der Waals surface area contributed by atoms with Crippen LogP contribution in [0.15, 0.2) is 85.1 Å². The molecule has 0 aromatic carbocycles. The van der Waals surface area contributed by atoms with E-state index in [-0.39, 0.29) is 26.1 Å². The van der Waals surface area contributed by atoms with Crippen LogP contribution in [0.1, 0.15) is 219 Å². The fourth-order valence-corrected chi connectivity index (χ4v) is 7.91. The predicted octanol–water partition coefficient (Wildman–Crippen LogP) is 16.1. The van der Waals surface area contributed by atoms with Crippen LogP contribution < -0.4 is 4.89 Å². The van der Waals surface area contributed by atoms with E-state index in [1.54, 1.807) is 0 Å². The second kappa shape index (κ2) is 49.2. The largest absolute Gasteiger partial charge is 0.756 e. The first-order valence-corrected chi connectivity index (χ1v) is 28.8. The average molecular weight is 972 g/mol. The Hall–Kier alpha value is -2.81. The van der Waals surface area contributed by atoms with E-state index >= 15 is 0 Å². The van der Waals surface area contributed by atoms with Gasteiger partial charge in [0.25, 0.3) is 7.82 Å². The van der Waals surface area contributed by atoms with Crippen LogP contribution in [0, 0.1) is 0 Å². The van der Waals surface area contributed by atoms with Crippen LogP contribution in [0.25, 0.3) is 0 Å². The number of phosphoric acid groups is 1. The van der Waals surface area contributed by atoms with Crippen LogP contribution in [-0.4, -0.2) is 70.0 Å². The van der Waals surface area contributed by atoms with Gasteiger partial charge in [-0.05, 0) is 89.9 Å². The maximum absolute atomic E-state index is 12.7. The Morgan fingerprint density at radius 2 is 0.838 bits per heavy atom. The molecule has 2 atom stereocenters. The summed E-state index contributed by atoms with van der Waals surface area (Å²) in [6.45, 7) is 4.07. The summed E-state index contributed by atoms with van der Waals surface area (Å²) in [5.41, 5.74) is 0. The van der Waals surface area contributed by atoms with E-state index in [4.69, 9.17) is 18.5 Å². The van der Waals surface area contributed by atoms with E-state index in [2.05, 4.69) is 98.9 Å². The van der Waals surface area contributed by atoms with Crippen molar-refractivity contribution in [2.75, 3.05) is 47.5 Å². The van der Waals surface area contributed by atoms with Crippen molar-refractivity contribution in [2.45, 2.75) is 225 Å². The van der Waals surface area contributed by atoms with Crippen molar-refractivity contribution in [3.05, 3.63) is 85.1 Å². The van der Waals surface area contributed by atoms with Gasteiger partial charge < -0.3 is 27.9 Å². The third-order valence-electron chi connectivity index (χ3n) is 11.4. The minimum atomic E-state index is -4.65.